The molecule has 0 aromatic heterocycles. The first kappa shape index (κ1) is 16.0. The number of nitrogens with two attached hydrogens (primary N) is 1. The van der Waals surface area contributed by atoms with Gasteiger partial charge >= 0.3 is 0 Å². The van der Waals surface area contributed by atoms with Crippen LogP contribution in [0, 0.1) is 5.92 Å². The van der Waals surface area contributed by atoms with Crippen molar-refractivity contribution < 1.29 is 4.79 Å². The number of benzene rings is 1. The molecule has 1 heterocycles. The van der Waals surface area contributed by atoms with Gasteiger partial charge in [0.25, 0.3) is 0 Å². The van der Waals surface area contributed by atoms with E-state index in [0.29, 0.717) is 12.5 Å². The van der Waals surface area contributed by atoms with Crippen molar-refractivity contribution in [2.24, 2.45) is 11.7 Å². The molecule has 0 radical (unpaired) electrons. The number of likely N-dealkylation sites (tertiary alicyclic amines) is 1. The van der Waals surface area contributed by atoms with Gasteiger partial charge in [-0.05, 0) is 30.9 Å². The van der Waals surface area contributed by atoms with Crippen LogP contribution in [0.25, 0.3) is 0 Å². The molecule has 2 N–H and O–H groups in total. The lowest BCUT2D eigenvalue weighted by atomic mass is 9.95. The van der Waals surface area contributed by atoms with Gasteiger partial charge < -0.3 is 10.6 Å². The summed E-state index contributed by atoms with van der Waals surface area (Å²) in [6.07, 6.45) is 1.90. The number of amides is 1. The molecule has 2 unspecified atom stereocenters. The van der Waals surface area contributed by atoms with Crippen LogP contribution in [0.1, 0.15) is 31.2 Å². The van der Waals surface area contributed by atoms with Gasteiger partial charge in [-0.25, -0.2) is 0 Å². The van der Waals surface area contributed by atoms with Gasteiger partial charge in [-0.15, -0.1) is 12.4 Å². The van der Waals surface area contributed by atoms with Gasteiger partial charge in [-0.3, -0.25) is 4.79 Å². The zero-order chi connectivity index (χ0) is 13.0. The van der Waals surface area contributed by atoms with E-state index in [-0.39, 0.29) is 24.2 Å². The molecule has 1 aliphatic rings. The van der Waals surface area contributed by atoms with Crippen LogP contribution in [0.2, 0.25) is 0 Å². The summed E-state index contributed by atoms with van der Waals surface area (Å²) in [5.74, 6) is 0.754. The van der Waals surface area contributed by atoms with E-state index in [1.165, 1.54) is 0 Å². The van der Waals surface area contributed by atoms with Gasteiger partial charge in [0.2, 0.25) is 5.91 Å². The van der Waals surface area contributed by atoms with Crippen molar-refractivity contribution in [3.63, 3.8) is 0 Å². The molecule has 1 aliphatic heterocycles. The second-order valence-electron chi connectivity index (χ2n) is 5.05. The molecular weight excluding hydrogens is 260 g/mol. The molecule has 1 saturated heterocycles. The topological polar surface area (TPSA) is 46.3 Å². The highest BCUT2D eigenvalue weighted by Crippen LogP contribution is 2.25. The van der Waals surface area contributed by atoms with Crippen LogP contribution in [-0.4, -0.2) is 30.4 Å². The minimum absolute atomic E-state index is 0. The standard InChI is InChI=1S/C15H22N2O.ClH/c1-2-14(13-6-4-3-5-7-13)15(18)17-9-8-12(10-16)11-17;/h3-7,12,14H,2,8-11,16H2,1H3;1H. The van der Waals surface area contributed by atoms with Crippen molar-refractivity contribution in [3.05, 3.63) is 35.9 Å². The number of carbonyl (C=O) groups excluding carboxylic acids is 1. The van der Waals surface area contributed by atoms with E-state index in [9.17, 15) is 4.79 Å². The summed E-state index contributed by atoms with van der Waals surface area (Å²) in [6, 6.07) is 10.1. The fourth-order valence-electron chi connectivity index (χ4n) is 2.68. The predicted molar refractivity (Wildman–Crippen MR) is 80.5 cm³/mol. The second-order valence-corrected chi connectivity index (χ2v) is 5.05. The van der Waals surface area contributed by atoms with Gasteiger partial charge in [0.05, 0.1) is 5.92 Å². The van der Waals surface area contributed by atoms with Crippen molar-refractivity contribution in [2.45, 2.75) is 25.7 Å². The molecule has 4 heteroatoms. The zero-order valence-corrected chi connectivity index (χ0v) is 12.2. The fourth-order valence-corrected chi connectivity index (χ4v) is 2.68. The minimum atomic E-state index is 0. The van der Waals surface area contributed by atoms with Crippen LogP contribution in [0.4, 0.5) is 0 Å². The van der Waals surface area contributed by atoms with E-state index in [2.05, 4.69) is 6.92 Å². The summed E-state index contributed by atoms with van der Waals surface area (Å²) in [6.45, 7) is 4.46. The number of halogens is 1. The van der Waals surface area contributed by atoms with Gasteiger partial charge in [-0.2, -0.15) is 0 Å². The highest BCUT2D eigenvalue weighted by atomic mass is 35.5. The van der Waals surface area contributed by atoms with Crippen molar-refractivity contribution in [1.82, 2.24) is 4.90 Å². The molecule has 1 fully saturated rings. The van der Waals surface area contributed by atoms with E-state index in [0.717, 1.165) is 31.5 Å². The SMILES string of the molecule is CCC(C(=O)N1CCC(CN)C1)c1ccccc1.Cl. The summed E-state index contributed by atoms with van der Waals surface area (Å²) >= 11 is 0. The maximum Gasteiger partial charge on any atom is 0.230 e. The largest absolute Gasteiger partial charge is 0.342 e. The number of hydrogen-bond acceptors (Lipinski definition) is 2. The molecule has 3 nitrogen and oxygen atoms in total. The number of carbonyl (C=O) groups is 1. The minimum Gasteiger partial charge on any atom is -0.342 e. The molecule has 0 saturated carbocycles. The highest BCUT2D eigenvalue weighted by molar-refractivity contribution is 5.85. The third-order valence-electron chi connectivity index (χ3n) is 3.84. The Morgan fingerprint density at radius 2 is 2.11 bits per heavy atom. The monoisotopic (exact) mass is 282 g/mol. The fraction of sp³-hybridized carbons (Fsp3) is 0.533. The average Bonchev–Trinajstić information content (AvgIpc) is 2.89. The van der Waals surface area contributed by atoms with E-state index >= 15 is 0 Å². The molecule has 19 heavy (non-hydrogen) atoms. The quantitative estimate of drug-likeness (QED) is 0.922. The molecule has 2 atom stereocenters. The first-order valence-electron chi connectivity index (χ1n) is 6.80. The summed E-state index contributed by atoms with van der Waals surface area (Å²) in [4.78, 5) is 14.5. The van der Waals surface area contributed by atoms with Crippen LogP contribution in [-0.2, 0) is 4.79 Å². The Morgan fingerprint density at radius 3 is 2.63 bits per heavy atom. The smallest absolute Gasteiger partial charge is 0.230 e. The van der Waals surface area contributed by atoms with E-state index in [1.54, 1.807) is 0 Å². The highest BCUT2D eigenvalue weighted by Gasteiger charge is 2.30. The summed E-state index contributed by atoms with van der Waals surface area (Å²) < 4.78 is 0. The second kappa shape index (κ2) is 7.51. The normalized spacial score (nSPS) is 19.9. The number of rotatable bonds is 4. The Balaban J connectivity index is 0.00000180. The Morgan fingerprint density at radius 1 is 1.42 bits per heavy atom. The van der Waals surface area contributed by atoms with Gasteiger partial charge in [0.15, 0.2) is 0 Å². The predicted octanol–water partition coefficient (Wildman–Crippen LogP) is 2.41. The Bertz CT molecular complexity index is 396. The van der Waals surface area contributed by atoms with E-state index in [1.807, 2.05) is 35.2 Å². The first-order valence-corrected chi connectivity index (χ1v) is 6.80. The zero-order valence-electron chi connectivity index (χ0n) is 11.4. The van der Waals surface area contributed by atoms with E-state index < -0.39 is 0 Å². The van der Waals surface area contributed by atoms with Crippen molar-refractivity contribution >= 4 is 18.3 Å². The van der Waals surface area contributed by atoms with Gasteiger partial charge in [0, 0.05) is 13.1 Å². The first-order chi connectivity index (χ1) is 8.76. The number of hydrogen-bond donors (Lipinski definition) is 1. The maximum atomic E-state index is 12.5. The molecule has 1 aromatic rings. The van der Waals surface area contributed by atoms with Crippen LogP contribution in [0.5, 0.6) is 0 Å². The molecule has 106 valence electrons. The van der Waals surface area contributed by atoms with E-state index in [4.69, 9.17) is 5.73 Å². The lowest BCUT2D eigenvalue weighted by molar-refractivity contribution is -0.132. The molecule has 0 bridgehead atoms. The van der Waals surface area contributed by atoms with Crippen LogP contribution in [0.3, 0.4) is 0 Å². The Kier molecular flexibility index (Phi) is 6.32. The summed E-state index contributed by atoms with van der Waals surface area (Å²) in [5.41, 5.74) is 6.80. The van der Waals surface area contributed by atoms with Crippen molar-refractivity contribution in [2.75, 3.05) is 19.6 Å². The molecule has 0 aliphatic carbocycles. The molecule has 0 spiro atoms. The molecular formula is C15H23ClN2O. The van der Waals surface area contributed by atoms with Gasteiger partial charge in [-0.1, -0.05) is 37.3 Å². The maximum absolute atomic E-state index is 12.5. The molecule has 2 rings (SSSR count). The summed E-state index contributed by atoms with van der Waals surface area (Å²) in [5, 5.41) is 0. The molecule has 1 aromatic carbocycles. The summed E-state index contributed by atoms with van der Waals surface area (Å²) in [7, 11) is 0. The average molecular weight is 283 g/mol. The number of nitrogens with zero attached hydrogens (tertiary/aromatic N) is 1. The third kappa shape index (κ3) is 3.71. The Labute approximate surface area is 121 Å². The van der Waals surface area contributed by atoms with Crippen molar-refractivity contribution in [1.29, 1.82) is 0 Å². The van der Waals surface area contributed by atoms with Crippen LogP contribution < -0.4 is 5.73 Å². The lowest BCUT2D eigenvalue weighted by Gasteiger charge is -2.23. The van der Waals surface area contributed by atoms with Gasteiger partial charge in [0.1, 0.15) is 0 Å². The Hall–Kier alpha value is -1.06. The van der Waals surface area contributed by atoms with Crippen LogP contribution >= 0.6 is 12.4 Å². The third-order valence-corrected chi connectivity index (χ3v) is 3.84. The van der Waals surface area contributed by atoms with Crippen molar-refractivity contribution in [3.8, 4) is 0 Å². The van der Waals surface area contributed by atoms with Crippen LogP contribution in [0.15, 0.2) is 30.3 Å². The lowest BCUT2D eigenvalue weighted by Crippen LogP contribution is -2.33. The molecule has 1 amide bonds.